The molecule has 178 valence electrons. The minimum atomic E-state index is -1.45. The number of hydrogen-bond donors (Lipinski definition) is 4. The predicted octanol–water partition coefficient (Wildman–Crippen LogP) is -1.61. The molecular formula is C19H36O11. The summed E-state index contributed by atoms with van der Waals surface area (Å²) in [6, 6.07) is 0. The van der Waals surface area contributed by atoms with E-state index in [0.29, 0.717) is 19.8 Å². The molecule has 0 amide bonds. The summed E-state index contributed by atoms with van der Waals surface area (Å²) in [6.07, 6.45) is -10.4. The number of ether oxygens (including phenoxy) is 7. The summed E-state index contributed by atoms with van der Waals surface area (Å²) in [7, 11) is 1.35. The average Bonchev–Trinajstić information content (AvgIpc) is 2.74. The summed E-state index contributed by atoms with van der Waals surface area (Å²) in [4.78, 5) is 0. The summed E-state index contributed by atoms with van der Waals surface area (Å²) in [5, 5.41) is 40.9. The van der Waals surface area contributed by atoms with Crippen LogP contribution in [0.2, 0.25) is 0 Å². The van der Waals surface area contributed by atoms with Crippen LogP contribution in [0, 0.1) is 0 Å². The lowest BCUT2D eigenvalue weighted by Crippen LogP contribution is -2.65. The Kier molecular flexibility index (Phi) is 10.8. The molecule has 10 unspecified atom stereocenters. The Morgan fingerprint density at radius 1 is 0.767 bits per heavy atom. The van der Waals surface area contributed by atoms with Crippen LogP contribution in [0.3, 0.4) is 0 Å². The summed E-state index contributed by atoms with van der Waals surface area (Å²) < 4.78 is 39.4. The second kappa shape index (κ2) is 12.6. The van der Waals surface area contributed by atoms with Gasteiger partial charge in [-0.25, -0.2) is 0 Å². The Hall–Kier alpha value is -0.440. The molecule has 2 aliphatic rings. The van der Waals surface area contributed by atoms with Gasteiger partial charge in [0.1, 0.15) is 48.8 Å². The molecule has 30 heavy (non-hydrogen) atoms. The van der Waals surface area contributed by atoms with E-state index in [1.54, 1.807) is 13.8 Å². The average molecular weight is 440 g/mol. The van der Waals surface area contributed by atoms with E-state index in [2.05, 4.69) is 0 Å². The van der Waals surface area contributed by atoms with Gasteiger partial charge in [0, 0.05) is 26.9 Å². The van der Waals surface area contributed by atoms with Crippen molar-refractivity contribution in [2.45, 2.75) is 82.2 Å². The van der Waals surface area contributed by atoms with Crippen molar-refractivity contribution in [3.63, 3.8) is 0 Å². The molecule has 2 aliphatic heterocycles. The van der Waals surface area contributed by atoms with E-state index in [9.17, 15) is 20.4 Å². The molecular weight excluding hydrogens is 404 g/mol. The fraction of sp³-hybridized carbons (Fsp3) is 1.00. The Morgan fingerprint density at radius 3 is 2.00 bits per heavy atom. The van der Waals surface area contributed by atoms with Crippen LogP contribution in [0.15, 0.2) is 0 Å². The highest BCUT2D eigenvalue weighted by Gasteiger charge is 2.52. The Balaban J connectivity index is 2.26. The van der Waals surface area contributed by atoms with Crippen molar-refractivity contribution in [3.8, 4) is 0 Å². The second-order valence-electron chi connectivity index (χ2n) is 7.07. The number of aliphatic hydroxyl groups excluding tert-OH is 4. The minimum Gasteiger partial charge on any atom is -0.394 e. The number of aliphatic hydroxyl groups is 4. The van der Waals surface area contributed by atoms with Crippen molar-refractivity contribution in [2.75, 3.05) is 40.1 Å². The van der Waals surface area contributed by atoms with Gasteiger partial charge in [-0.05, 0) is 20.8 Å². The first-order valence-electron chi connectivity index (χ1n) is 10.4. The third-order valence-corrected chi connectivity index (χ3v) is 5.20. The van der Waals surface area contributed by atoms with Crippen LogP contribution in [-0.4, -0.2) is 122 Å². The molecule has 0 aliphatic carbocycles. The third kappa shape index (κ3) is 5.87. The van der Waals surface area contributed by atoms with Crippen LogP contribution >= 0.6 is 0 Å². The molecule has 0 aromatic heterocycles. The summed E-state index contributed by atoms with van der Waals surface area (Å²) in [6.45, 7) is 6.07. The zero-order valence-corrected chi connectivity index (χ0v) is 18.0. The van der Waals surface area contributed by atoms with Gasteiger partial charge < -0.3 is 53.6 Å². The Morgan fingerprint density at radius 2 is 1.43 bits per heavy atom. The van der Waals surface area contributed by atoms with Gasteiger partial charge in [0.05, 0.1) is 13.2 Å². The lowest BCUT2D eigenvalue weighted by Gasteiger charge is -2.47. The maximum atomic E-state index is 10.5. The van der Waals surface area contributed by atoms with Gasteiger partial charge in [-0.1, -0.05) is 0 Å². The van der Waals surface area contributed by atoms with E-state index in [1.807, 2.05) is 6.92 Å². The quantitative estimate of drug-likeness (QED) is 0.294. The van der Waals surface area contributed by atoms with Gasteiger partial charge >= 0.3 is 0 Å². The van der Waals surface area contributed by atoms with E-state index in [-0.39, 0.29) is 6.61 Å². The maximum absolute atomic E-state index is 10.5. The smallest absolute Gasteiger partial charge is 0.187 e. The highest BCUT2D eigenvalue weighted by Crippen LogP contribution is 2.32. The lowest BCUT2D eigenvalue weighted by atomic mass is 9.96. The molecule has 0 radical (unpaired) electrons. The highest BCUT2D eigenvalue weighted by molar-refractivity contribution is 4.95. The van der Waals surface area contributed by atoms with Crippen LogP contribution in [0.4, 0.5) is 0 Å². The van der Waals surface area contributed by atoms with E-state index in [4.69, 9.17) is 33.2 Å². The summed E-state index contributed by atoms with van der Waals surface area (Å²) >= 11 is 0. The first kappa shape index (κ1) is 25.8. The first-order valence-corrected chi connectivity index (χ1v) is 10.4. The van der Waals surface area contributed by atoms with Crippen molar-refractivity contribution in [2.24, 2.45) is 0 Å². The predicted molar refractivity (Wildman–Crippen MR) is 102 cm³/mol. The summed E-state index contributed by atoms with van der Waals surface area (Å²) in [5.74, 6) is 0. The molecule has 2 saturated heterocycles. The zero-order valence-electron chi connectivity index (χ0n) is 18.0. The number of methoxy groups -OCH3 is 1. The van der Waals surface area contributed by atoms with Crippen molar-refractivity contribution < 1.29 is 53.6 Å². The second-order valence-corrected chi connectivity index (χ2v) is 7.07. The molecule has 11 heteroatoms. The zero-order chi connectivity index (χ0) is 22.3. The van der Waals surface area contributed by atoms with Gasteiger partial charge in [0.25, 0.3) is 0 Å². The standard InChI is InChI=1S/C19H36O11/c1-5-25-9-11-15(16(26-6-2)17(27-7-3)18(23)28-11)30-19-13(22)12(21)14(24-4)10(8-20)29-19/h10-23H,5-9H2,1-4H3. The molecule has 0 aromatic carbocycles. The van der Waals surface area contributed by atoms with E-state index < -0.39 is 68.0 Å². The molecule has 2 fully saturated rings. The fourth-order valence-electron chi connectivity index (χ4n) is 3.79. The van der Waals surface area contributed by atoms with Crippen LogP contribution in [0.5, 0.6) is 0 Å². The highest BCUT2D eigenvalue weighted by atomic mass is 16.7. The van der Waals surface area contributed by atoms with Crippen LogP contribution in [0.25, 0.3) is 0 Å². The molecule has 0 bridgehead atoms. The number of rotatable bonds is 11. The van der Waals surface area contributed by atoms with E-state index in [0.717, 1.165) is 0 Å². The third-order valence-electron chi connectivity index (χ3n) is 5.20. The van der Waals surface area contributed by atoms with E-state index >= 15 is 0 Å². The van der Waals surface area contributed by atoms with Crippen molar-refractivity contribution in [3.05, 3.63) is 0 Å². The van der Waals surface area contributed by atoms with E-state index in [1.165, 1.54) is 7.11 Å². The molecule has 4 N–H and O–H groups in total. The lowest BCUT2D eigenvalue weighted by molar-refractivity contribution is -0.363. The normalized spacial score (nSPS) is 42.4. The van der Waals surface area contributed by atoms with Crippen LogP contribution in [-0.2, 0) is 33.2 Å². The summed E-state index contributed by atoms with van der Waals surface area (Å²) in [5.41, 5.74) is 0. The molecule has 0 spiro atoms. The van der Waals surface area contributed by atoms with Gasteiger partial charge in [-0.3, -0.25) is 0 Å². The molecule has 10 atom stereocenters. The van der Waals surface area contributed by atoms with Crippen molar-refractivity contribution >= 4 is 0 Å². The molecule has 0 saturated carbocycles. The van der Waals surface area contributed by atoms with Crippen LogP contribution in [0.1, 0.15) is 20.8 Å². The minimum absolute atomic E-state index is 0.0934. The largest absolute Gasteiger partial charge is 0.394 e. The van der Waals surface area contributed by atoms with Crippen molar-refractivity contribution in [1.82, 2.24) is 0 Å². The SMILES string of the molecule is CCOCC1OC(O)C(OCC)C(OCC)C1OC1OC(CO)C(OC)C(O)C1O. The van der Waals surface area contributed by atoms with Gasteiger partial charge in [-0.15, -0.1) is 0 Å². The topological polar surface area (TPSA) is 146 Å². The first-order chi connectivity index (χ1) is 14.4. The monoisotopic (exact) mass is 440 g/mol. The molecule has 2 rings (SSSR count). The number of hydrogen-bond acceptors (Lipinski definition) is 11. The fourth-order valence-corrected chi connectivity index (χ4v) is 3.79. The molecule has 11 nitrogen and oxygen atoms in total. The van der Waals surface area contributed by atoms with Crippen molar-refractivity contribution in [1.29, 1.82) is 0 Å². The molecule has 0 aromatic rings. The van der Waals surface area contributed by atoms with Crippen LogP contribution < -0.4 is 0 Å². The van der Waals surface area contributed by atoms with Gasteiger partial charge in [0.15, 0.2) is 12.6 Å². The van der Waals surface area contributed by atoms with Gasteiger partial charge in [-0.2, -0.15) is 0 Å². The van der Waals surface area contributed by atoms with Gasteiger partial charge in [0.2, 0.25) is 0 Å². The maximum Gasteiger partial charge on any atom is 0.187 e. The Bertz CT molecular complexity index is 479. The Labute approximate surface area is 176 Å². The molecule has 2 heterocycles.